The van der Waals surface area contributed by atoms with Gasteiger partial charge in [0.15, 0.2) is 0 Å². The first-order chi connectivity index (χ1) is 14.9. The molecule has 0 aliphatic carbocycles. The first kappa shape index (κ1) is 23.2. The van der Waals surface area contributed by atoms with Crippen molar-refractivity contribution in [2.75, 3.05) is 9.80 Å². The van der Waals surface area contributed by atoms with Crippen LogP contribution in [0.25, 0.3) is 0 Å². The zero-order chi connectivity index (χ0) is 23.8. The predicted octanol–water partition coefficient (Wildman–Crippen LogP) is 4.70. The fraction of sp³-hybridized carbons (Fsp3) is 0.348. The van der Waals surface area contributed by atoms with Crippen LogP contribution in [0.15, 0.2) is 36.5 Å². The number of halogens is 1. The van der Waals surface area contributed by atoms with Crippen molar-refractivity contribution >= 4 is 40.9 Å². The minimum Gasteiger partial charge on any atom is -0.455 e. The molecule has 2 heterocycles. The number of imide groups is 1. The molecule has 32 heavy (non-hydrogen) atoms. The molecule has 9 heteroatoms. The Morgan fingerprint density at radius 1 is 1.22 bits per heavy atom. The van der Waals surface area contributed by atoms with Crippen molar-refractivity contribution < 1.29 is 19.1 Å². The van der Waals surface area contributed by atoms with E-state index in [0.717, 1.165) is 4.90 Å². The summed E-state index contributed by atoms with van der Waals surface area (Å²) in [4.78, 5) is 45.2. The summed E-state index contributed by atoms with van der Waals surface area (Å²) in [6.45, 7) is 8.75. The van der Waals surface area contributed by atoms with Gasteiger partial charge >= 0.3 is 12.0 Å². The lowest BCUT2D eigenvalue weighted by Crippen LogP contribution is -2.44. The van der Waals surface area contributed by atoms with Gasteiger partial charge in [-0.1, -0.05) is 18.5 Å². The number of amides is 3. The molecule has 1 aliphatic rings. The average Bonchev–Trinajstić information content (AvgIpc) is 2.91. The number of hydrogen-bond acceptors (Lipinski definition) is 6. The summed E-state index contributed by atoms with van der Waals surface area (Å²) in [5.41, 5.74) is -0.896. The number of ether oxygens (including phenoxy) is 1. The number of carbonyl (C=O) groups excluding carboxylic acids is 3. The van der Waals surface area contributed by atoms with E-state index in [0.29, 0.717) is 12.1 Å². The summed E-state index contributed by atoms with van der Waals surface area (Å²) in [5.74, 6) is -1.03. The molecule has 1 saturated heterocycles. The number of nitriles is 1. The molecule has 0 bridgehead atoms. The number of carbonyl (C=O) groups is 3. The van der Waals surface area contributed by atoms with E-state index < -0.39 is 29.0 Å². The van der Waals surface area contributed by atoms with Crippen LogP contribution < -0.4 is 9.80 Å². The van der Waals surface area contributed by atoms with E-state index >= 15 is 0 Å². The van der Waals surface area contributed by atoms with E-state index in [-0.39, 0.29) is 22.0 Å². The number of pyridine rings is 1. The van der Waals surface area contributed by atoms with Gasteiger partial charge in [0.1, 0.15) is 22.9 Å². The minimum absolute atomic E-state index is 0.0989. The predicted molar refractivity (Wildman–Crippen MR) is 120 cm³/mol. The van der Waals surface area contributed by atoms with E-state index in [2.05, 4.69) is 4.98 Å². The van der Waals surface area contributed by atoms with Crippen molar-refractivity contribution in [3.63, 3.8) is 0 Å². The molecule has 0 N–H and O–H groups in total. The van der Waals surface area contributed by atoms with Gasteiger partial charge in [0.05, 0.1) is 28.2 Å². The second-order valence-corrected chi connectivity index (χ2v) is 8.91. The molecule has 1 aliphatic heterocycles. The molecule has 0 atom stereocenters. The number of rotatable bonds is 5. The first-order valence-corrected chi connectivity index (χ1v) is 10.4. The summed E-state index contributed by atoms with van der Waals surface area (Å²) in [5, 5.41) is 9.20. The molecule has 0 spiro atoms. The van der Waals surface area contributed by atoms with Crippen molar-refractivity contribution in [3.05, 3.63) is 52.8 Å². The van der Waals surface area contributed by atoms with Gasteiger partial charge in [-0.3, -0.25) is 9.69 Å². The maximum Gasteiger partial charge on any atom is 0.357 e. The monoisotopic (exact) mass is 454 g/mol. The molecule has 1 aromatic heterocycles. The van der Waals surface area contributed by atoms with Crippen molar-refractivity contribution in [3.8, 4) is 6.07 Å². The molecule has 3 amide bonds. The smallest absolute Gasteiger partial charge is 0.357 e. The van der Waals surface area contributed by atoms with Crippen molar-refractivity contribution in [2.24, 2.45) is 0 Å². The molecule has 1 fully saturated rings. The second-order valence-electron chi connectivity index (χ2n) is 8.50. The van der Waals surface area contributed by atoms with Crippen LogP contribution in [0.5, 0.6) is 0 Å². The normalized spacial score (nSPS) is 15.7. The zero-order valence-electron chi connectivity index (χ0n) is 18.5. The molecule has 2 aromatic rings. The van der Waals surface area contributed by atoms with E-state index in [1.165, 1.54) is 35.4 Å². The van der Waals surface area contributed by atoms with E-state index in [1.54, 1.807) is 33.8 Å². The molecule has 1 aromatic carbocycles. The third-order valence-corrected chi connectivity index (χ3v) is 5.75. The Kier molecular flexibility index (Phi) is 5.98. The van der Waals surface area contributed by atoms with Crippen LogP contribution >= 0.6 is 11.6 Å². The largest absolute Gasteiger partial charge is 0.455 e. The number of aromatic nitrogens is 1. The highest BCUT2D eigenvalue weighted by Crippen LogP contribution is 2.37. The lowest BCUT2D eigenvalue weighted by molar-refractivity contribution is -0.120. The van der Waals surface area contributed by atoms with Gasteiger partial charge in [-0.05, 0) is 64.4 Å². The summed E-state index contributed by atoms with van der Waals surface area (Å²) in [6, 6.07) is 8.70. The van der Waals surface area contributed by atoms with Crippen LogP contribution in [-0.2, 0) is 9.53 Å². The number of esters is 1. The van der Waals surface area contributed by atoms with E-state index in [4.69, 9.17) is 21.6 Å². The minimum atomic E-state index is -1.22. The van der Waals surface area contributed by atoms with Crippen LogP contribution in [0.2, 0.25) is 5.02 Å². The highest BCUT2D eigenvalue weighted by Gasteiger charge is 2.52. The number of urea groups is 1. The van der Waals surface area contributed by atoms with Crippen LogP contribution in [0.4, 0.5) is 16.2 Å². The SMILES string of the molecule is CCC(C)(C)OC(=O)c1ccc(N2C(=O)N(c3ccc(C#N)c(Cl)c3)C(=O)C2(C)C)cn1. The number of benzene rings is 1. The molecule has 166 valence electrons. The second kappa shape index (κ2) is 8.24. The Hall–Kier alpha value is -3.44. The lowest BCUT2D eigenvalue weighted by Gasteiger charge is -2.27. The van der Waals surface area contributed by atoms with Gasteiger partial charge in [0.25, 0.3) is 5.91 Å². The Balaban J connectivity index is 1.92. The van der Waals surface area contributed by atoms with Gasteiger partial charge in [-0.15, -0.1) is 0 Å². The Morgan fingerprint density at radius 2 is 1.88 bits per heavy atom. The summed E-state index contributed by atoms with van der Waals surface area (Å²) >= 11 is 6.09. The molecule has 0 saturated carbocycles. The Bertz CT molecular complexity index is 1140. The highest BCUT2D eigenvalue weighted by atomic mass is 35.5. The van der Waals surface area contributed by atoms with Gasteiger partial charge in [-0.2, -0.15) is 5.26 Å². The molecule has 8 nitrogen and oxygen atoms in total. The maximum atomic E-state index is 13.2. The standard InChI is InChI=1S/C23H23ClN4O4/c1-6-22(2,3)32-19(29)18-10-9-16(13-26-18)28-21(31)27(20(30)23(28,4)5)15-8-7-14(12-25)17(24)11-15/h7-11,13H,6H2,1-5H3. The third-order valence-electron chi connectivity index (χ3n) is 5.44. The fourth-order valence-corrected chi connectivity index (χ4v) is 3.42. The quantitative estimate of drug-likeness (QED) is 0.479. The Labute approximate surface area is 191 Å². The average molecular weight is 455 g/mol. The Morgan fingerprint density at radius 3 is 2.41 bits per heavy atom. The lowest BCUT2D eigenvalue weighted by atomic mass is 10.0. The number of nitrogens with zero attached hydrogens (tertiary/aromatic N) is 4. The van der Waals surface area contributed by atoms with Gasteiger partial charge in [0, 0.05) is 0 Å². The molecule has 3 rings (SSSR count). The van der Waals surface area contributed by atoms with E-state index in [9.17, 15) is 14.4 Å². The highest BCUT2D eigenvalue weighted by molar-refractivity contribution is 6.33. The van der Waals surface area contributed by atoms with Gasteiger partial charge < -0.3 is 4.74 Å². The van der Waals surface area contributed by atoms with Crippen molar-refractivity contribution in [2.45, 2.75) is 52.2 Å². The third kappa shape index (κ3) is 4.04. The zero-order valence-corrected chi connectivity index (χ0v) is 19.2. The van der Waals surface area contributed by atoms with Crippen LogP contribution in [0.3, 0.4) is 0 Å². The van der Waals surface area contributed by atoms with Crippen LogP contribution in [-0.4, -0.2) is 34.0 Å². The summed E-state index contributed by atoms with van der Waals surface area (Å²) < 4.78 is 5.44. The van der Waals surface area contributed by atoms with Gasteiger partial charge in [-0.25, -0.2) is 19.5 Å². The first-order valence-electron chi connectivity index (χ1n) is 10.0. The maximum absolute atomic E-state index is 13.2. The fourth-order valence-electron chi connectivity index (χ4n) is 3.20. The van der Waals surface area contributed by atoms with Crippen LogP contribution in [0.1, 0.15) is 57.1 Å². The van der Waals surface area contributed by atoms with Crippen molar-refractivity contribution in [1.29, 1.82) is 5.26 Å². The number of anilines is 2. The summed E-state index contributed by atoms with van der Waals surface area (Å²) in [6.07, 6.45) is 2.00. The van der Waals surface area contributed by atoms with Gasteiger partial charge in [0.2, 0.25) is 0 Å². The summed E-state index contributed by atoms with van der Waals surface area (Å²) in [7, 11) is 0. The molecular formula is C23H23ClN4O4. The van der Waals surface area contributed by atoms with Crippen LogP contribution in [0, 0.1) is 11.3 Å². The number of hydrogen-bond donors (Lipinski definition) is 0. The molecule has 0 unspecified atom stereocenters. The topological polar surface area (TPSA) is 104 Å². The van der Waals surface area contributed by atoms with E-state index in [1.807, 2.05) is 13.0 Å². The molecule has 0 radical (unpaired) electrons. The molecular weight excluding hydrogens is 432 g/mol. The van der Waals surface area contributed by atoms with Crippen molar-refractivity contribution in [1.82, 2.24) is 4.98 Å².